The molecule has 0 spiro atoms. The zero-order valence-electron chi connectivity index (χ0n) is 30.2. The lowest BCUT2D eigenvalue weighted by atomic mass is 9.94. The maximum atomic E-state index is 7.84. The van der Waals surface area contributed by atoms with Crippen molar-refractivity contribution in [1.29, 1.82) is 5.41 Å². The molecule has 0 atom stereocenters. The number of nitrogens with two attached hydrogens (primary N) is 1. The molecule has 0 unspecified atom stereocenters. The van der Waals surface area contributed by atoms with Gasteiger partial charge in [-0.15, -0.1) is 0 Å². The van der Waals surface area contributed by atoms with Gasteiger partial charge in [-0.05, 0) is 103 Å². The van der Waals surface area contributed by atoms with Crippen LogP contribution in [0.15, 0.2) is 192 Å². The van der Waals surface area contributed by atoms with Crippen LogP contribution in [0.3, 0.4) is 0 Å². The molecule has 10 rings (SSSR count). The first-order valence-electron chi connectivity index (χ1n) is 18.3. The summed E-state index contributed by atoms with van der Waals surface area (Å²) in [7, 11) is 0. The quantitative estimate of drug-likeness (QED) is 0.142. The van der Waals surface area contributed by atoms with E-state index in [4.69, 9.17) is 15.6 Å². The number of furan rings is 1. The van der Waals surface area contributed by atoms with Gasteiger partial charge in [-0.3, -0.25) is 0 Å². The van der Waals surface area contributed by atoms with E-state index >= 15 is 0 Å². The highest BCUT2D eigenvalue weighted by molar-refractivity contribution is 6.13. The van der Waals surface area contributed by atoms with Gasteiger partial charge in [0.15, 0.2) is 0 Å². The lowest BCUT2D eigenvalue weighted by Gasteiger charge is -2.10. The molecule has 3 heteroatoms. The van der Waals surface area contributed by atoms with Gasteiger partial charge >= 0.3 is 0 Å². The van der Waals surface area contributed by atoms with Gasteiger partial charge in [0.05, 0.1) is 0 Å². The van der Waals surface area contributed by atoms with Gasteiger partial charge in [0.2, 0.25) is 0 Å². The van der Waals surface area contributed by atoms with Crippen LogP contribution in [0.25, 0.3) is 76.5 Å². The molecule has 0 saturated heterocycles. The first-order chi connectivity index (χ1) is 26.6. The third kappa shape index (κ3) is 7.14. The molecular weight excluding hydrogens is 657 g/mol. The standard InChI is InChI=1S/C37H23NO.C7H9N.C7H8/c38-22-31-5-3-7-36-37(31)34-21-30(16-17-35(34)39-36)28-15-13-25-18-27(14-12-26(25)19-28)29-11-10-24-9-8-23-4-1-2-6-32(23)33(24)20-29;8-6-7-4-2-1-3-5-7;1-7-5-3-2-4-6-7/h1-22,38H;1-5H,6,8H2;2-6H,1H3. The molecule has 0 aliphatic rings. The summed E-state index contributed by atoms with van der Waals surface area (Å²) in [5.41, 5.74) is 15.1. The largest absolute Gasteiger partial charge is 0.456 e. The molecule has 0 bridgehead atoms. The number of nitrogens with one attached hydrogen (secondary N) is 1. The third-order valence-electron chi connectivity index (χ3n) is 9.96. The summed E-state index contributed by atoms with van der Waals surface area (Å²) in [6, 6.07) is 65.6. The Labute approximate surface area is 315 Å². The smallest absolute Gasteiger partial charge is 0.136 e. The molecule has 9 aromatic carbocycles. The topological polar surface area (TPSA) is 63.0 Å². The molecule has 0 radical (unpaired) electrons. The van der Waals surface area contributed by atoms with E-state index in [1.807, 2.05) is 72.8 Å². The maximum Gasteiger partial charge on any atom is 0.136 e. The van der Waals surface area contributed by atoms with E-state index in [-0.39, 0.29) is 0 Å². The summed E-state index contributed by atoms with van der Waals surface area (Å²) in [5.74, 6) is 0. The molecule has 3 N–H and O–H groups in total. The summed E-state index contributed by atoms with van der Waals surface area (Å²) in [4.78, 5) is 0. The van der Waals surface area contributed by atoms with Crippen molar-refractivity contribution in [3.05, 3.63) is 205 Å². The molecule has 260 valence electrons. The molecule has 54 heavy (non-hydrogen) atoms. The minimum Gasteiger partial charge on any atom is -0.456 e. The predicted molar refractivity (Wildman–Crippen MR) is 231 cm³/mol. The second-order valence-electron chi connectivity index (χ2n) is 13.5. The van der Waals surface area contributed by atoms with E-state index < -0.39 is 0 Å². The lowest BCUT2D eigenvalue weighted by molar-refractivity contribution is 0.669. The van der Waals surface area contributed by atoms with Gasteiger partial charge in [-0.25, -0.2) is 0 Å². The number of rotatable bonds is 4. The molecule has 3 nitrogen and oxygen atoms in total. The fraction of sp³-hybridized carbons (Fsp3) is 0.0392. The monoisotopic (exact) mass is 696 g/mol. The first kappa shape index (κ1) is 34.3. The van der Waals surface area contributed by atoms with Crippen LogP contribution in [0.4, 0.5) is 0 Å². The van der Waals surface area contributed by atoms with Crippen molar-refractivity contribution >= 4 is 60.5 Å². The van der Waals surface area contributed by atoms with Gasteiger partial charge in [-0.2, -0.15) is 0 Å². The fourth-order valence-corrected chi connectivity index (χ4v) is 7.09. The second-order valence-corrected chi connectivity index (χ2v) is 13.5. The molecule has 10 aromatic rings. The Morgan fingerprint density at radius 3 is 1.61 bits per heavy atom. The van der Waals surface area contributed by atoms with Crippen molar-refractivity contribution in [3.63, 3.8) is 0 Å². The molecule has 0 fully saturated rings. The Hall–Kier alpha value is -6.81. The highest BCUT2D eigenvalue weighted by atomic mass is 16.3. The molecule has 0 aliphatic carbocycles. The summed E-state index contributed by atoms with van der Waals surface area (Å²) >= 11 is 0. The molecule has 0 aliphatic heterocycles. The minimum atomic E-state index is 0.640. The number of benzene rings is 9. The van der Waals surface area contributed by atoms with E-state index in [0.29, 0.717) is 6.54 Å². The fourth-order valence-electron chi connectivity index (χ4n) is 7.09. The van der Waals surface area contributed by atoms with Gasteiger partial charge in [0.25, 0.3) is 0 Å². The van der Waals surface area contributed by atoms with E-state index in [2.05, 4.69) is 122 Å². The van der Waals surface area contributed by atoms with E-state index in [0.717, 1.165) is 38.6 Å². The number of hydrogen-bond acceptors (Lipinski definition) is 3. The Kier molecular flexibility index (Phi) is 9.80. The van der Waals surface area contributed by atoms with Crippen LogP contribution in [0.1, 0.15) is 16.7 Å². The normalized spacial score (nSPS) is 10.9. The van der Waals surface area contributed by atoms with Crippen LogP contribution in [0.5, 0.6) is 0 Å². The first-order valence-corrected chi connectivity index (χ1v) is 18.3. The number of fused-ring (bicyclic) bond motifs is 7. The summed E-state index contributed by atoms with van der Waals surface area (Å²) in [5, 5.41) is 17.4. The number of aryl methyl sites for hydroxylation is 1. The zero-order valence-corrected chi connectivity index (χ0v) is 30.2. The highest BCUT2D eigenvalue weighted by Gasteiger charge is 2.12. The third-order valence-corrected chi connectivity index (χ3v) is 9.96. The van der Waals surface area contributed by atoms with Crippen molar-refractivity contribution in [2.45, 2.75) is 13.5 Å². The molecule has 0 amide bonds. The molecule has 1 heterocycles. The minimum absolute atomic E-state index is 0.640. The molecular formula is C51H40N2O. The summed E-state index contributed by atoms with van der Waals surface area (Å²) < 4.78 is 6.06. The maximum absolute atomic E-state index is 7.84. The lowest BCUT2D eigenvalue weighted by Crippen LogP contribution is -1.94. The Morgan fingerprint density at radius 1 is 0.463 bits per heavy atom. The Morgan fingerprint density at radius 2 is 1.00 bits per heavy atom. The zero-order chi connectivity index (χ0) is 36.9. The van der Waals surface area contributed by atoms with Gasteiger partial charge in [0, 0.05) is 29.1 Å². The SMILES string of the molecule is Cc1ccccc1.N=Cc1cccc2oc3ccc(-c4ccc5cc(-c6ccc7ccc8ccccc8c7c6)ccc5c4)cc3c12.NCc1ccccc1. The highest BCUT2D eigenvalue weighted by Crippen LogP contribution is 2.36. The van der Waals surface area contributed by atoms with Gasteiger partial charge in [0.1, 0.15) is 11.2 Å². The van der Waals surface area contributed by atoms with Crippen molar-refractivity contribution < 1.29 is 4.42 Å². The predicted octanol–water partition coefficient (Wildman–Crippen LogP) is 13.5. The van der Waals surface area contributed by atoms with Crippen molar-refractivity contribution in [2.24, 2.45) is 5.73 Å². The molecule has 1 aromatic heterocycles. The van der Waals surface area contributed by atoms with Crippen LogP contribution >= 0.6 is 0 Å². The van der Waals surface area contributed by atoms with Gasteiger partial charge in [-0.1, -0.05) is 157 Å². The molecule has 0 saturated carbocycles. The van der Waals surface area contributed by atoms with Crippen LogP contribution in [-0.4, -0.2) is 6.21 Å². The summed E-state index contributed by atoms with van der Waals surface area (Å²) in [6.45, 7) is 2.72. The van der Waals surface area contributed by atoms with E-state index in [1.54, 1.807) is 0 Å². The average molecular weight is 697 g/mol. The van der Waals surface area contributed by atoms with Crippen LogP contribution in [0, 0.1) is 12.3 Å². The van der Waals surface area contributed by atoms with Crippen molar-refractivity contribution in [2.75, 3.05) is 0 Å². The number of hydrogen-bond donors (Lipinski definition) is 2. The van der Waals surface area contributed by atoms with Crippen LogP contribution < -0.4 is 5.73 Å². The van der Waals surface area contributed by atoms with E-state index in [9.17, 15) is 0 Å². The average Bonchev–Trinajstić information content (AvgIpc) is 3.62. The van der Waals surface area contributed by atoms with Crippen molar-refractivity contribution in [1.82, 2.24) is 0 Å². The van der Waals surface area contributed by atoms with E-state index in [1.165, 1.54) is 60.8 Å². The van der Waals surface area contributed by atoms with Crippen LogP contribution in [-0.2, 0) is 6.54 Å². The Balaban J connectivity index is 0.000000230. The van der Waals surface area contributed by atoms with Gasteiger partial charge < -0.3 is 15.6 Å². The summed E-state index contributed by atoms with van der Waals surface area (Å²) in [6.07, 6.45) is 1.40. The van der Waals surface area contributed by atoms with Crippen molar-refractivity contribution in [3.8, 4) is 22.3 Å². The van der Waals surface area contributed by atoms with Crippen LogP contribution in [0.2, 0.25) is 0 Å². The Bertz CT molecular complexity index is 2890. The second kappa shape index (κ2) is 15.4.